The summed E-state index contributed by atoms with van der Waals surface area (Å²) < 4.78 is 11.2. The van der Waals surface area contributed by atoms with Gasteiger partial charge in [-0.2, -0.15) is 0 Å². The topological polar surface area (TPSA) is 111 Å². The Morgan fingerprint density at radius 2 is 1.89 bits per heavy atom. The van der Waals surface area contributed by atoms with E-state index < -0.39 is 10.8 Å². The van der Waals surface area contributed by atoms with Gasteiger partial charge in [0.25, 0.3) is 5.69 Å². The number of hydrogen-bond donors (Lipinski definition) is 1. The summed E-state index contributed by atoms with van der Waals surface area (Å²) in [6.45, 7) is 4.51. The first-order valence-electron chi connectivity index (χ1n) is 8.69. The number of nitrogens with zero attached hydrogens (tertiary/aromatic N) is 2. The standard InChI is InChI=1S/C17H23N3O6S/c1-3-5-25-14-7-12(13(20(23)24)8-15(14)26-6-4-2)18-16(21)9-19-11-27-10-17(19)22/h7-8H,3-6,9-11H2,1-2H3,(H,18,21). The molecule has 0 aromatic heterocycles. The Labute approximate surface area is 161 Å². The number of hydrogen-bond acceptors (Lipinski definition) is 7. The highest BCUT2D eigenvalue weighted by Crippen LogP contribution is 2.38. The van der Waals surface area contributed by atoms with Gasteiger partial charge in [0.15, 0.2) is 11.5 Å². The molecule has 0 bridgehead atoms. The molecule has 0 unspecified atom stereocenters. The van der Waals surface area contributed by atoms with Crippen molar-refractivity contribution < 1.29 is 24.0 Å². The second-order valence-electron chi connectivity index (χ2n) is 5.89. The summed E-state index contributed by atoms with van der Waals surface area (Å²) in [6.07, 6.45) is 1.49. The minimum atomic E-state index is -0.588. The molecule has 1 aliphatic rings. The lowest BCUT2D eigenvalue weighted by atomic mass is 10.2. The number of amides is 2. The van der Waals surface area contributed by atoms with Crippen molar-refractivity contribution >= 4 is 35.0 Å². The zero-order chi connectivity index (χ0) is 19.8. The first-order chi connectivity index (χ1) is 13.0. The maximum absolute atomic E-state index is 12.3. The quantitative estimate of drug-likeness (QED) is 0.477. The summed E-state index contributed by atoms with van der Waals surface area (Å²) in [5.41, 5.74) is -0.278. The molecule has 0 atom stereocenters. The third-order valence-corrected chi connectivity index (χ3v) is 4.56. The van der Waals surface area contributed by atoms with Crippen LogP contribution in [0, 0.1) is 10.1 Å². The molecular weight excluding hydrogens is 374 g/mol. The molecule has 0 radical (unpaired) electrons. The highest BCUT2D eigenvalue weighted by atomic mass is 32.2. The van der Waals surface area contributed by atoms with E-state index in [1.54, 1.807) is 0 Å². The van der Waals surface area contributed by atoms with Gasteiger partial charge < -0.3 is 19.7 Å². The van der Waals surface area contributed by atoms with E-state index in [1.807, 2.05) is 13.8 Å². The lowest BCUT2D eigenvalue weighted by Crippen LogP contribution is -2.34. The van der Waals surface area contributed by atoms with Crippen LogP contribution in [0.25, 0.3) is 0 Å². The van der Waals surface area contributed by atoms with Gasteiger partial charge in [-0.25, -0.2) is 0 Å². The van der Waals surface area contributed by atoms with E-state index in [2.05, 4.69) is 5.32 Å². The molecule has 9 nitrogen and oxygen atoms in total. The number of benzene rings is 1. The summed E-state index contributed by atoms with van der Waals surface area (Å²) in [5, 5.41) is 14.0. The van der Waals surface area contributed by atoms with Gasteiger partial charge in [0.05, 0.1) is 35.8 Å². The molecule has 1 saturated heterocycles. The third-order valence-electron chi connectivity index (χ3n) is 3.62. The van der Waals surface area contributed by atoms with Gasteiger partial charge in [-0.3, -0.25) is 19.7 Å². The predicted octanol–water partition coefficient (Wildman–Crippen LogP) is 2.64. The summed E-state index contributed by atoms with van der Waals surface area (Å²) in [6, 6.07) is 2.66. The van der Waals surface area contributed by atoms with Crippen molar-refractivity contribution in [3.63, 3.8) is 0 Å². The van der Waals surface area contributed by atoms with Crippen molar-refractivity contribution in [1.82, 2.24) is 4.90 Å². The molecule has 1 N–H and O–H groups in total. The minimum Gasteiger partial charge on any atom is -0.490 e. The lowest BCUT2D eigenvalue weighted by Gasteiger charge is -2.16. The van der Waals surface area contributed by atoms with Gasteiger partial charge in [0, 0.05) is 6.07 Å². The maximum atomic E-state index is 12.3. The minimum absolute atomic E-state index is 0.0132. The van der Waals surface area contributed by atoms with Crippen LogP contribution in [0.15, 0.2) is 12.1 Å². The van der Waals surface area contributed by atoms with Crippen LogP contribution in [0.5, 0.6) is 11.5 Å². The summed E-state index contributed by atoms with van der Waals surface area (Å²) >= 11 is 1.42. The highest BCUT2D eigenvalue weighted by Gasteiger charge is 2.25. The Bertz CT molecular complexity index is 712. The monoisotopic (exact) mass is 397 g/mol. The van der Waals surface area contributed by atoms with Crippen LogP contribution in [0.2, 0.25) is 0 Å². The molecule has 10 heteroatoms. The van der Waals surface area contributed by atoms with Crippen molar-refractivity contribution in [2.75, 3.05) is 36.7 Å². The molecule has 1 aromatic rings. The van der Waals surface area contributed by atoms with Crippen molar-refractivity contribution in [2.45, 2.75) is 26.7 Å². The summed E-state index contributed by atoms with van der Waals surface area (Å²) in [7, 11) is 0. The van der Waals surface area contributed by atoms with Gasteiger partial charge in [-0.1, -0.05) is 13.8 Å². The van der Waals surface area contributed by atoms with E-state index in [9.17, 15) is 19.7 Å². The zero-order valence-electron chi connectivity index (χ0n) is 15.4. The number of nitro groups is 1. The number of carbonyl (C=O) groups is 2. The van der Waals surface area contributed by atoms with Crippen LogP contribution in [-0.4, -0.2) is 53.0 Å². The Morgan fingerprint density at radius 1 is 1.26 bits per heavy atom. The molecule has 0 saturated carbocycles. The molecule has 1 aromatic carbocycles. The van der Waals surface area contributed by atoms with Gasteiger partial charge in [0.1, 0.15) is 12.2 Å². The molecule has 1 fully saturated rings. The largest absolute Gasteiger partial charge is 0.490 e. The molecule has 2 rings (SSSR count). The van der Waals surface area contributed by atoms with E-state index in [-0.39, 0.29) is 29.6 Å². The van der Waals surface area contributed by atoms with E-state index in [0.717, 1.165) is 12.8 Å². The third kappa shape index (κ3) is 5.75. The lowest BCUT2D eigenvalue weighted by molar-refractivity contribution is -0.384. The van der Waals surface area contributed by atoms with Crippen molar-refractivity contribution in [3.8, 4) is 11.5 Å². The Kier molecular flexibility index (Phi) is 7.71. The Balaban J connectivity index is 2.24. The second kappa shape index (κ2) is 10.0. The molecule has 1 heterocycles. The molecule has 27 heavy (non-hydrogen) atoms. The molecule has 0 aliphatic carbocycles. The SMILES string of the molecule is CCCOc1cc(NC(=O)CN2CSCC2=O)c([N+](=O)[O-])cc1OCCC. The van der Waals surface area contributed by atoms with E-state index >= 15 is 0 Å². The van der Waals surface area contributed by atoms with Gasteiger partial charge in [-0.05, 0) is 12.8 Å². The van der Waals surface area contributed by atoms with Crippen molar-refractivity contribution in [1.29, 1.82) is 0 Å². The van der Waals surface area contributed by atoms with E-state index in [4.69, 9.17) is 9.47 Å². The molecular formula is C17H23N3O6S. The normalized spacial score (nSPS) is 13.6. The number of ether oxygens (including phenoxy) is 2. The van der Waals surface area contributed by atoms with Gasteiger partial charge in [0.2, 0.25) is 11.8 Å². The average molecular weight is 397 g/mol. The number of thioether (sulfide) groups is 1. The van der Waals surface area contributed by atoms with Crippen LogP contribution in [0.4, 0.5) is 11.4 Å². The number of nitrogens with one attached hydrogen (secondary N) is 1. The Hall–Kier alpha value is -2.49. The second-order valence-corrected chi connectivity index (χ2v) is 6.84. The van der Waals surface area contributed by atoms with Crippen molar-refractivity contribution in [3.05, 3.63) is 22.2 Å². The predicted molar refractivity (Wildman–Crippen MR) is 102 cm³/mol. The van der Waals surface area contributed by atoms with Crippen LogP contribution in [0.3, 0.4) is 0 Å². The number of anilines is 1. The van der Waals surface area contributed by atoms with Gasteiger partial charge >= 0.3 is 0 Å². The first kappa shape index (κ1) is 20.8. The van der Waals surface area contributed by atoms with E-state index in [0.29, 0.717) is 30.6 Å². The molecule has 148 valence electrons. The van der Waals surface area contributed by atoms with Crippen LogP contribution < -0.4 is 14.8 Å². The number of rotatable bonds is 10. The fourth-order valence-electron chi connectivity index (χ4n) is 2.35. The van der Waals surface area contributed by atoms with Crippen LogP contribution >= 0.6 is 11.8 Å². The summed E-state index contributed by atoms with van der Waals surface area (Å²) in [5.74, 6) is 0.743. The average Bonchev–Trinajstić information content (AvgIpc) is 3.03. The zero-order valence-corrected chi connectivity index (χ0v) is 16.2. The number of nitro benzene ring substituents is 1. The molecule has 1 aliphatic heterocycles. The molecule has 0 spiro atoms. The Morgan fingerprint density at radius 3 is 2.41 bits per heavy atom. The van der Waals surface area contributed by atoms with Crippen molar-refractivity contribution in [2.24, 2.45) is 0 Å². The first-order valence-corrected chi connectivity index (χ1v) is 9.85. The molecule has 2 amide bonds. The van der Waals surface area contributed by atoms with E-state index in [1.165, 1.54) is 28.8 Å². The fourth-order valence-corrected chi connectivity index (χ4v) is 3.26. The fraction of sp³-hybridized carbons (Fsp3) is 0.529. The number of carbonyl (C=O) groups excluding carboxylic acids is 2. The smallest absolute Gasteiger partial charge is 0.296 e. The van der Waals surface area contributed by atoms with Crippen LogP contribution in [0.1, 0.15) is 26.7 Å². The summed E-state index contributed by atoms with van der Waals surface area (Å²) in [4.78, 5) is 36.2. The maximum Gasteiger partial charge on any atom is 0.296 e. The van der Waals surface area contributed by atoms with Gasteiger partial charge in [-0.15, -0.1) is 11.8 Å². The highest BCUT2D eigenvalue weighted by molar-refractivity contribution is 8.00. The van der Waals surface area contributed by atoms with Crippen LogP contribution in [-0.2, 0) is 9.59 Å².